The molecule has 1 aliphatic carbocycles. The summed E-state index contributed by atoms with van der Waals surface area (Å²) in [6.45, 7) is 6.21. The molecule has 1 aromatic rings. The van der Waals surface area contributed by atoms with E-state index in [1.165, 1.54) is 42.4 Å². The average Bonchev–Trinajstić information content (AvgIpc) is 2.94. The van der Waals surface area contributed by atoms with Crippen LogP contribution in [0.5, 0.6) is 0 Å². The lowest BCUT2D eigenvalue weighted by Crippen LogP contribution is -2.24. The number of nitrogens with one attached hydrogen (secondary N) is 2. The Balaban J connectivity index is 1.88. The molecule has 1 saturated carbocycles. The number of benzene rings is 1. The monoisotopic (exact) mass is 272 g/mol. The van der Waals surface area contributed by atoms with Gasteiger partial charge in [0.2, 0.25) is 0 Å². The molecule has 2 N–H and O–H groups in total. The van der Waals surface area contributed by atoms with Crippen LogP contribution in [-0.4, -0.2) is 6.03 Å². The van der Waals surface area contributed by atoms with Crippen molar-refractivity contribution in [3.8, 4) is 0 Å². The van der Waals surface area contributed by atoms with E-state index in [2.05, 4.69) is 24.5 Å². The molecule has 0 saturated heterocycles. The maximum absolute atomic E-state index is 11.9. The summed E-state index contributed by atoms with van der Waals surface area (Å²) in [5, 5.41) is 5.69. The van der Waals surface area contributed by atoms with Gasteiger partial charge in [-0.3, -0.25) is 0 Å². The molecule has 0 atom stereocenters. The van der Waals surface area contributed by atoms with Crippen LogP contribution in [0.2, 0.25) is 0 Å². The molecule has 0 aliphatic heterocycles. The highest BCUT2D eigenvalue weighted by Gasteiger charge is 2.16. The summed E-state index contributed by atoms with van der Waals surface area (Å²) in [5.74, 6) is 0.650. The third kappa shape index (κ3) is 3.86. The first-order valence-corrected chi connectivity index (χ1v) is 7.37. The van der Waals surface area contributed by atoms with E-state index >= 15 is 0 Å². The Hall–Kier alpha value is -1.77. The van der Waals surface area contributed by atoms with Gasteiger partial charge in [-0.15, -0.1) is 0 Å². The highest BCUT2D eigenvalue weighted by atomic mass is 16.2. The third-order valence-electron chi connectivity index (χ3n) is 4.19. The normalized spacial score (nSPS) is 16.2. The number of carbonyl (C=O) groups excluding carboxylic acids is 1. The summed E-state index contributed by atoms with van der Waals surface area (Å²) >= 11 is 0. The second kappa shape index (κ2) is 6.60. The average molecular weight is 272 g/mol. The standard InChI is InChI=1S/C17H24N2O/c1-12-8-9-16(10-13(12)2)19-17(20)18-11-14(3)15-6-4-5-7-15/h8-11,15H,4-7H2,1-3H3,(H2,18,19,20)/b14-11+. The molecular weight excluding hydrogens is 248 g/mol. The van der Waals surface area contributed by atoms with Crippen molar-refractivity contribution in [2.24, 2.45) is 5.92 Å². The number of rotatable bonds is 3. The van der Waals surface area contributed by atoms with E-state index < -0.39 is 0 Å². The van der Waals surface area contributed by atoms with Gasteiger partial charge in [0.25, 0.3) is 0 Å². The second-order valence-corrected chi connectivity index (χ2v) is 5.77. The first kappa shape index (κ1) is 14.6. The van der Waals surface area contributed by atoms with E-state index in [1.54, 1.807) is 0 Å². The van der Waals surface area contributed by atoms with E-state index in [9.17, 15) is 4.79 Å². The van der Waals surface area contributed by atoms with E-state index in [0.717, 1.165) is 5.69 Å². The smallest absolute Gasteiger partial charge is 0.314 e. The molecule has 0 unspecified atom stereocenters. The van der Waals surface area contributed by atoms with Crippen LogP contribution in [0.4, 0.5) is 10.5 Å². The van der Waals surface area contributed by atoms with Crippen molar-refractivity contribution in [1.29, 1.82) is 0 Å². The summed E-state index contributed by atoms with van der Waals surface area (Å²) < 4.78 is 0. The summed E-state index contributed by atoms with van der Waals surface area (Å²) in [4.78, 5) is 11.9. The van der Waals surface area contributed by atoms with Gasteiger partial charge in [0.05, 0.1) is 0 Å². The van der Waals surface area contributed by atoms with Gasteiger partial charge in [-0.05, 0) is 62.8 Å². The quantitative estimate of drug-likeness (QED) is 0.834. The number of hydrogen-bond donors (Lipinski definition) is 2. The Bertz CT molecular complexity index is 514. The molecule has 0 spiro atoms. The largest absolute Gasteiger partial charge is 0.323 e. The second-order valence-electron chi connectivity index (χ2n) is 5.77. The fourth-order valence-electron chi connectivity index (χ4n) is 2.66. The molecule has 3 nitrogen and oxygen atoms in total. The molecule has 20 heavy (non-hydrogen) atoms. The Morgan fingerprint density at radius 2 is 1.90 bits per heavy atom. The highest BCUT2D eigenvalue weighted by Crippen LogP contribution is 2.30. The number of allylic oxidation sites excluding steroid dienone is 1. The predicted octanol–water partition coefficient (Wildman–Crippen LogP) is 4.52. The van der Waals surface area contributed by atoms with Gasteiger partial charge >= 0.3 is 6.03 Å². The SMILES string of the molecule is C/C(=C\NC(=O)Nc1ccc(C)c(C)c1)C1CCCC1. The van der Waals surface area contributed by atoms with Gasteiger partial charge in [-0.2, -0.15) is 0 Å². The fraction of sp³-hybridized carbons (Fsp3) is 0.471. The lowest BCUT2D eigenvalue weighted by Gasteiger charge is -2.11. The van der Waals surface area contributed by atoms with Crippen molar-refractivity contribution >= 4 is 11.7 Å². The first-order valence-electron chi connectivity index (χ1n) is 7.37. The summed E-state index contributed by atoms with van der Waals surface area (Å²) in [7, 11) is 0. The molecule has 1 aliphatic rings. The predicted molar refractivity (Wildman–Crippen MR) is 83.8 cm³/mol. The van der Waals surface area contributed by atoms with Crippen molar-refractivity contribution in [2.45, 2.75) is 46.5 Å². The van der Waals surface area contributed by atoms with E-state index in [1.807, 2.05) is 31.3 Å². The van der Waals surface area contributed by atoms with Crippen LogP contribution < -0.4 is 10.6 Å². The Labute approximate surface area is 121 Å². The van der Waals surface area contributed by atoms with E-state index in [0.29, 0.717) is 5.92 Å². The molecule has 0 heterocycles. The maximum Gasteiger partial charge on any atom is 0.323 e. The molecular formula is C17H24N2O. The van der Waals surface area contributed by atoms with Gasteiger partial charge in [0.15, 0.2) is 0 Å². The van der Waals surface area contributed by atoms with Crippen molar-refractivity contribution in [3.63, 3.8) is 0 Å². The number of anilines is 1. The topological polar surface area (TPSA) is 41.1 Å². The minimum Gasteiger partial charge on any atom is -0.314 e. The van der Waals surface area contributed by atoms with Gasteiger partial charge in [-0.1, -0.05) is 24.5 Å². The number of carbonyl (C=O) groups is 1. The molecule has 1 fully saturated rings. The lowest BCUT2D eigenvalue weighted by atomic mass is 10.0. The molecule has 3 heteroatoms. The number of aryl methyl sites for hydroxylation is 2. The zero-order valence-corrected chi connectivity index (χ0v) is 12.6. The zero-order chi connectivity index (χ0) is 14.5. The van der Waals surface area contributed by atoms with Crippen molar-refractivity contribution in [2.75, 3.05) is 5.32 Å². The Morgan fingerprint density at radius 1 is 1.20 bits per heavy atom. The van der Waals surface area contributed by atoms with Gasteiger partial charge < -0.3 is 10.6 Å². The number of hydrogen-bond acceptors (Lipinski definition) is 1. The molecule has 0 aromatic heterocycles. The van der Waals surface area contributed by atoms with Crippen LogP contribution in [0.15, 0.2) is 30.0 Å². The Morgan fingerprint density at radius 3 is 2.55 bits per heavy atom. The molecule has 0 bridgehead atoms. The minimum absolute atomic E-state index is 0.175. The third-order valence-corrected chi connectivity index (χ3v) is 4.19. The van der Waals surface area contributed by atoms with Crippen LogP contribution in [-0.2, 0) is 0 Å². The van der Waals surface area contributed by atoms with Gasteiger partial charge in [-0.25, -0.2) is 4.79 Å². The summed E-state index contributed by atoms with van der Waals surface area (Å²) in [5.41, 5.74) is 4.52. The van der Waals surface area contributed by atoms with Crippen LogP contribution in [0.25, 0.3) is 0 Å². The molecule has 108 valence electrons. The van der Waals surface area contributed by atoms with Crippen molar-refractivity contribution < 1.29 is 4.79 Å². The fourth-order valence-corrected chi connectivity index (χ4v) is 2.66. The Kier molecular flexibility index (Phi) is 4.83. The number of amides is 2. The highest BCUT2D eigenvalue weighted by molar-refractivity contribution is 5.90. The molecule has 0 radical (unpaired) electrons. The zero-order valence-electron chi connectivity index (χ0n) is 12.6. The maximum atomic E-state index is 11.9. The van der Waals surface area contributed by atoms with Gasteiger partial charge in [0, 0.05) is 11.9 Å². The van der Waals surface area contributed by atoms with Crippen LogP contribution in [0, 0.1) is 19.8 Å². The summed E-state index contributed by atoms with van der Waals surface area (Å²) in [6.07, 6.45) is 6.98. The van der Waals surface area contributed by atoms with E-state index in [4.69, 9.17) is 0 Å². The lowest BCUT2D eigenvalue weighted by molar-refractivity contribution is 0.255. The minimum atomic E-state index is -0.175. The van der Waals surface area contributed by atoms with Crippen LogP contribution >= 0.6 is 0 Å². The van der Waals surface area contributed by atoms with Crippen LogP contribution in [0.1, 0.15) is 43.7 Å². The van der Waals surface area contributed by atoms with Crippen LogP contribution in [0.3, 0.4) is 0 Å². The summed E-state index contributed by atoms with van der Waals surface area (Å²) in [6, 6.07) is 5.76. The molecule has 1 aromatic carbocycles. The van der Waals surface area contributed by atoms with E-state index in [-0.39, 0.29) is 6.03 Å². The molecule has 2 rings (SSSR count). The van der Waals surface area contributed by atoms with Gasteiger partial charge in [0.1, 0.15) is 0 Å². The van der Waals surface area contributed by atoms with Crippen molar-refractivity contribution in [3.05, 3.63) is 41.1 Å². The van der Waals surface area contributed by atoms with Crippen molar-refractivity contribution in [1.82, 2.24) is 5.32 Å². The molecule has 2 amide bonds. The first-order chi connectivity index (χ1) is 9.56. The number of urea groups is 1.